The van der Waals surface area contributed by atoms with Crippen LogP contribution in [0.25, 0.3) is 11.1 Å². The fourth-order valence-corrected chi connectivity index (χ4v) is 3.61. The Morgan fingerprint density at radius 3 is 2.10 bits per heavy atom. The highest BCUT2D eigenvalue weighted by Crippen LogP contribution is 2.33. The predicted molar refractivity (Wildman–Crippen MR) is 113 cm³/mol. The molecule has 3 aromatic rings. The minimum Gasteiger partial charge on any atom is -0.494 e. The number of aromatic nitrogens is 1. The Morgan fingerprint density at radius 1 is 0.931 bits per heavy atom. The molecule has 5 nitrogen and oxygen atoms in total. The summed E-state index contributed by atoms with van der Waals surface area (Å²) in [5, 5.41) is 20.4. The van der Waals surface area contributed by atoms with E-state index in [4.69, 9.17) is 4.74 Å². The van der Waals surface area contributed by atoms with Gasteiger partial charge in [0.1, 0.15) is 0 Å². The summed E-state index contributed by atoms with van der Waals surface area (Å²) in [6, 6.07) is 21.0. The minimum absolute atomic E-state index is 0.0236. The number of nitrogens with zero attached hydrogens (tertiary/aromatic N) is 1. The number of ether oxygens (including phenoxy) is 1. The summed E-state index contributed by atoms with van der Waals surface area (Å²) in [6.07, 6.45) is 1.00. The molecule has 1 heterocycles. The van der Waals surface area contributed by atoms with Gasteiger partial charge in [0.05, 0.1) is 12.5 Å². The molecule has 0 spiro atoms. The Labute approximate surface area is 171 Å². The first-order valence-electron chi connectivity index (χ1n) is 9.89. The maximum Gasteiger partial charge on any atom is 0.308 e. The van der Waals surface area contributed by atoms with Crippen LogP contribution in [0, 0.1) is 5.92 Å². The van der Waals surface area contributed by atoms with Crippen molar-refractivity contribution in [1.29, 1.82) is 0 Å². The number of benzene rings is 2. The fourth-order valence-electron chi connectivity index (χ4n) is 3.61. The van der Waals surface area contributed by atoms with Crippen molar-refractivity contribution < 1.29 is 19.7 Å². The van der Waals surface area contributed by atoms with E-state index in [0.29, 0.717) is 19.4 Å². The highest BCUT2D eigenvalue weighted by molar-refractivity contribution is 5.72. The molecule has 5 heteroatoms. The van der Waals surface area contributed by atoms with Crippen molar-refractivity contribution in [2.24, 2.45) is 5.92 Å². The van der Waals surface area contributed by atoms with Gasteiger partial charge in [-0.05, 0) is 36.5 Å². The van der Waals surface area contributed by atoms with Gasteiger partial charge in [-0.3, -0.25) is 9.36 Å². The van der Waals surface area contributed by atoms with Gasteiger partial charge in [-0.25, -0.2) is 0 Å². The van der Waals surface area contributed by atoms with E-state index in [1.165, 1.54) is 16.7 Å². The Balaban J connectivity index is 1.82. The second-order valence-corrected chi connectivity index (χ2v) is 7.23. The van der Waals surface area contributed by atoms with Gasteiger partial charge in [0, 0.05) is 18.2 Å². The molecule has 2 aromatic carbocycles. The van der Waals surface area contributed by atoms with Crippen LogP contribution in [0.4, 0.5) is 0 Å². The van der Waals surface area contributed by atoms with Crippen LogP contribution in [0.1, 0.15) is 31.9 Å². The van der Waals surface area contributed by atoms with E-state index >= 15 is 0 Å². The molecule has 0 saturated carbocycles. The van der Waals surface area contributed by atoms with E-state index in [2.05, 4.69) is 24.3 Å². The maximum absolute atomic E-state index is 12.1. The van der Waals surface area contributed by atoms with E-state index in [-0.39, 0.29) is 29.7 Å². The number of esters is 1. The normalized spacial score (nSPS) is 13.0. The quantitative estimate of drug-likeness (QED) is 0.532. The first-order valence-corrected chi connectivity index (χ1v) is 9.89. The van der Waals surface area contributed by atoms with Gasteiger partial charge in [-0.2, -0.15) is 0 Å². The molecule has 2 N–H and O–H groups in total. The van der Waals surface area contributed by atoms with E-state index < -0.39 is 0 Å². The summed E-state index contributed by atoms with van der Waals surface area (Å²) >= 11 is 0. The summed E-state index contributed by atoms with van der Waals surface area (Å²) in [7, 11) is 0. The van der Waals surface area contributed by atoms with Crippen LogP contribution in [0.2, 0.25) is 0 Å². The second kappa shape index (κ2) is 9.32. The van der Waals surface area contributed by atoms with Crippen molar-refractivity contribution in [2.75, 3.05) is 6.61 Å². The molecule has 0 radical (unpaired) electrons. The van der Waals surface area contributed by atoms with E-state index in [1.54, 1.807) is 13.8 Å². The first kappa shape index (κ1) is 20.5. The van der Waals surface area contributed by atoms with Crippen LogP contribution in [0.15, 0.2) is 66.7 Å². The summed E-state index contributed by atoms with van der Waals surface area (Å²) in [4.78, 5) is 12.1. The summed E-state index contributed by atoms with van der Waals surface area (Å²) < 4.78 is 6.60. The molecule has 1 unspecified atom stereocenters. The van der Waals surface area contributed by atoms with Gasteiger partial charge in [-0.15, -0.1) is 0 Å². The number of rotatable bonds is 8. The lowest BCUT2D eigenvalue weighted by Gasteiger charge is -2.23. The first-order chi connectivity index (χ1) is 14.0. The molecule has 2 atom stereocenters. The molecule has 0 aliphatic rings. The van der Waals surface area contributed by atoms with Crippen molar-refractivity contribution in [2.45, 2.75) is 32.7 Å². The minimum atomic E-state index is -0.357. The lowest BCUT2D eigenvalue weighted by molar-refractivity contribution is -0.147. The van der Waals surface area contributed by atoms with Crippen LogP contribution in [0.3, 0.4) is 0 Å². The van der Waals surface area contributed by atoms with E-state index in [0.717, 1.165) is 16.7 Å². The Hall–Kier alpha value is -3.21. The molecule has 29 heavy (non-hydrogen) atoms. The van der Waals surface area contributed by atoms with Crippen molar-refractivity contribution >= 4 is 5.97 Å². The molecule has 0 bridgehead atoms. The van der Waals surface area contributed by atoms with E-state index in [9.17, 15) is 15.0 Å². The summed E-state index contributed by atoms with van der Waals surface area (Å²) in [6.45, 7) is 3.91. The largest absolute Gasteiger partial charge is 0.494 e. The average Bonchev–Trinajstić information content (AvgIpc) is 3.07. The molecule has 0 aliphatic heterocycles. The molecule has 1 aromatic heterocycles. The predicted octanol–water partition coefficient (Wildman–Crippen LogP) is 4.94. The molecule has 0 amide bonds. The molecule has 3 rings (SSSR count). The van der Waals surface area contributed by atoms with Crippen LogP contribution >= 0.6 is 0 Å². The number of hydrogen-bond acceptors (Lipinski definition) is 4. The smallest absolute Gasteiger partial charge is 0.308 e. The van der Waals surface area contributed by atoms with Crippen LogP contribution in [-0.2, 0) is 16.0 Å². The Morgan fingerprint density at radius 2 is 1.52 bits per heavy atom. The average molecular weight is 393 g/mol. The van der Waals surface area contributed by atoms with Gasteiger partial charge in [0.25, 0.3) is 0 Å². The number of carbonyl (C=O) groups is 1. The number of carbonyl (C=O) groups excluding carboxylic acids is 1. The highest BCUT2D eigenvalue weighted by Gasteiger charge is 2.24. The van der Waals surface area contributed by atoms with Gasteiger partial charge in [0.2, 0.25) is 0 Å². The fraction of sp³-hybridized carbons (Fsp3) is 0.292. The molecule has 0 aliphatic carbocycles. The van der Waals surface area contributed by atoms with Crippen molar-refractivity contribution in [3.05, 3.63) is 72.3 Å². The summed E-state index contributed by atoms with van der Waals surface area (Å²) in [5.41, 5.74) is 3.32. The molecular weight excluding hydrogens is 366 g/mol. The Kier molecular flexibility index (Phi) is 6.60. The van der Waals surface area contributed by atoms with Crippen molar-refractivity contribution in [1.82, 2.24) is 4.57 Å². The third-order valence-corrected chi connectivity index (χ3v) is 5.09. The highest BCUT2D eigenvalue weighted by atomic mass is 16.5. The van der Waals surface area contributed by atoms with Crippen molar-refractivity contribution in [3.8, 4) is 22.9 Å². The summed E-state index contributed by atoms with van der Waals surface area (Å²) in [5.74, 6) is -0.679. The third kappa shape index (κ3) is 4.99. The SMILES string of the molecule is CCOC(=O)[C@H](C)CC(Cc1ccc(-c2ccccc2)cc1)n1c(O)ccc1O. The zero-order valence-electron chi connectivity index (χ0n) is 16.8. The lowest BCUT2D eigenvalue weighted by atomic mass is 9.94. The maximum atomic E-state index is 12.1. The second-order valence-electron chi connectivity index (χ2n) is 7.23. The monoisotopic (exact) mass is 393 g/mol. The van der Waals surface area contributed by atoms with E-state index in [1.807, 2.05) is 30.3 Å². The molecule has 0 saturated heterocycles. The van der Waals surface area contributed by atoms with Crippen LogP contribution < -0.4 is 0 Å². The third-order valence-electron chi connectivity index (χ3n) is 5.09. The van der Waals surface area contributed by atoms with Crippen LogP contribution in [0.5, 0.6) is 11.8 Å². The molecule has 0 fully saturated rings. The number of aromatic hydroxyl groups is 2. The van der Waals surface area contributed by atoms with Gasteiger partial charge >= 0.3 is 5.97 Å². The zero-order valence-corrected chi connectivity index (χ0v) is 16.8. The number of hydrogen-bond donors (Lipinski definition) is 2. The molecular formula is C24H27NO4. The Bertz CT molecular complexity index is 912. The van der Waals surface area contributed by atoms with Crippen molar-refractivity contribution in [3.63, 3.8) is 0 Å². The van der Waals surface area contributed by atoms with Crippen LogP contribution in [-0.4, -0.2) is 27.4 Å². The topological polar surface area (TPSA) is 71.7 Å². The van der Waals surface area contributed by atoms with Gasteiger partial charge < -0.3 is 14.9 Å². The zero-order chi connectivity index (χ0) is 20.8. The molecule has 152 valence electrons. The van der Waals surface area contributed by atoms with Gasteiger partial charge in [0.15, 0.2) is 11.8 Å². The van der Waals surface area contributed by atoms with Gasteiger partial charge in [-0.1, -0.05) is 61.5 Å². The lowest BCUT2D eigenvalue weighted by Crippen LogP contribution is -2.21. The standard InChI is InChI=1S/C24H27NO4/c1-3-29-24(28)17(2)15-21(25-22(26)13-14-23(25)27)16-18-9-11-20(12-10-18)19-7-5-4-6-8-19/h4-14,17,21,26-27H,3,15-16H2,1-2H3/t17-,21?/m1/s1.